The average Bonchev–Trinajstić information content (AvgIpc) is 3.51. The summed E-state index contributed by atoms with van der Waals surface area (Å²) >= 11 is 7.71. The Balaban J connectivity index is 1.48. The monoisotopic (exact) mass is 491 g/mol. The maximum Gasteiger partial charge on any atom is 0.409 e. The number of amides is 2. The minimum atomic E-state index is -0.363. The quantitative estimate of drug-likeness (QED) is 0.574. The van der Waals surface area contributed by atoms with Gasteiger partial charge in [-0.05, 0) is 37.1 Å². The molecular formula is C23H26ClN3O5S. The van der Waals surface area contributed by atoms with Crippen LogP contribution in [0.2, 0.25) is 5.02 Å². The van der Waals surface area contributed by atoms with Crippen molar-refractivity contribution in [2.24, 2.45) is 0 Å². The molecule has 10 heteroatoms. The minimum Gasteiger partial charge on any atom is -0.466 e. The molecule has 1 aromatic carbocycles. The van der Waals surface area contributed by atoms with Crippen LogP contribution in [0.15, 0.2) is 23.6 Å². The number of anilines is 1. The molecule has 2 amide bonds. The topological polar surface area (TPSA) is 89.0 Å². The van der Waals surface area contributed by atoms with Crippen molar-refractivity contribution >= 4 is 46.6 Å². The number of esters is 1. The van der Waals surface area contributed by atoms with Crippen LogP contribution in [-0.4, -0.2) is 61.2 Å². The SMILES string of the molecule is CCOC(=O)CCc1csc(CC(=O)N2CC3(CCN(C(=O)OC)C3)c3cc(Cl)ccc32)n1. The molecule has 4 rings (SSSR count). The first-order chi connectivity index (χ1) is 15.8. The number of aryl methyl sites for hydroxylation is 1. The highest BCUT2D eigenvalue weighted by Crippen LogP contribution is 2.47. The third-order valence-corrected chi connectivity index (χ3v) is 7.29. The van der Waals surface area contributed by atoms with Crippen molar-refractivity contribution in [3.8, 4) is 0 Å². The summed E-state index contributed by atoms with van der Waals surface area (Å²) in [6.07, 6.45) is 1.29. The highest BCUT2D eigenvalue weighted by Gasteiger charge is 2.50. The Morgan fingerprint density at radius 2 is 2.09 bits per heavy atom. The van der Waals surface area contributed by atoms with Gasteiger partial charge < -0.3 is 19.3 Å². The van der Waals surface area contributed by atoms with E-state index in [0.717, 1.165) is 23.4 Å². The lowest BCUT2D eigenvalue weighted by atomic mass is 9.81. The molecule has 3 heterocycles. The van der Waals surface area contributed by atoms with E-state index in [1.807, 2.05) is 17.5 Å². The summed E-state index contributed by atoms with van der Waals surface area (Å²) in [6, 6.07) is 5.56. The molecule has 0 aliphatic carbocycles. The molecule has 176 valence electrons. The normalized spacial score (nSPS) is 19.1. The van der Waals surface area contributed by atoms with E-state index in [-0.39, 0.29) is 36.2 Å². The number of aromatic nitrogens is 1. The smallest absolute Gasteiger partial charge is 0.409 e. The third kappa shape index (κ3) is 4.84. The molecule has 1 unspecified atom stereocenters. The zero-order valence-electron chi connectivity index (χ0n) is 18.6. The lowest BCUT2D eigenvalue weighted by molar-refractivity contribution is -0.143. The Labute approximate surface area is 201 Å². The maximum absolute atomic E-state index is 13.3. The summed E-state index contributed by atoms with van der Waals surface area (Å²) in [5, 5.41) is 3.19. The van der Waals surface area contributed by atoms with E-state index in [0.29, 0.717) is 42.7 Å². The summed E-state index contributed by atoms with van der Waals surface area (Å²) in [5.41, 5.74) is 2.24. The van der Waals surface area contributed by atoms with Crippen LogP contribution in [0.3, 0.4) is 0 Å². The van der Waals surface area contributed by atoms with Crippen LogP contribution in [0.1, 0.15) is 36.0 Å². The van der Waals surface area contributed by atoms with Gasteiger partial charge in [0.25, 0.3) is 0 Å². The Bertz CT molecular complexity index is 1070. The second kappa shape index (κ2) is 9.69. The molecule has 1 atom stereocenters. The number of carbonyl (C=O) groups is 3. The van der Waals surface area contributed by atoms with Gasteiger partial charge in [0.1, 0.15) is 5.01 Å². The number of methoxy groups -OCH3 is 1. The number of benzene rings is 1. The van der Waals surface area contributed by atoms with Crippen LogP contribution in [0.4, 0.5) is 10.5 Å². The lowest BCUT2D eigenvalue weighted by Gasteiger charge is -2.25. The number of likely N-dealkylation sites (tertiary alicyclic amines) is 1. The number of nitrogens with zero attached hydrogens (tertiary/aromatic N) is 3. The molecule has 1 aromatic heterocycles. The van der Waals surface area contributed by atoms with Crippen LogP contribution in [-0.2, 0) is 37.3 Å². The first-order valence-electron chi connectivity index (χ1n) is 10.9. The van der Waals surface area contributed by atoms with Crippen LogP contribution in [0.25, 0.3) is 0 Å². The maximum atomic E-state index is 13.3. The molecule has 1 fully saturated rings. The molecule has 0 N–H and O–H groups in total. The Hall–Kier alpha value is -2.65. The van der Waals surface area contributed by atoms with Crippen molar-refractivity contribution in [3.05, 3.63) is 44.9 Å². The summed E-state index contributed by atoms with van der Waals surface area (Å²) < 4.78 is 9.85. The lowest BCUT2D eigenvalue weighted by Crippen LogP contribution is -2.40. The Morgan fingerprint density at radius 3 is 2.85 bits per heavy atom. The van der Waals surface area contributed by atoms with Crippen molar-refractivity contribution in [1.29, 1.82) is 0 Å². The van der Waals surface area contributed by atoms with Gasteiger partial charge in [0.15, 0.2) is 0 Å². The molecule has 2 aliphatic heterocycles. The van der Waals surface area contributed by atoms with Crippen molar-refractivity contribution in [2.45, 2.75) is 38.0 Å². The van der Waals surface area contributed by atoms with Gasteiger partial charge in [-0.15, -0.1) is 11.3 Å². The predicted octanol–water partition coefficient (Wildman–Crippen LogP) is 3.59. The molecule has 0 saturated carbocycles. The predicted molar refractivity (Wildman–Crippen MR) is 125 cm³/mol. The highest BCUT2D eigenvalue weighted by molar-refractivity contribution is 7.09. The van der Waals surface area contributed by atoms with Gasteiger partial charge in [0, 0.05) is 47.6 Å². The number of ether oxygens (including phenoxy) is 2. The molecule has 0 bridgehead atoms. The fourth-order valence-electron chi connectivity index (χ4n) is 4.60. The summed E-state index contributed by atoms with van der Waals surface area (Å²) in [7, 11) is 1.37. The van der Waals surface area contributed by atoms with E-state index in [1.54, 1.807) is 22.8 Å². The van der Waals surface area contributed by atoms with Gasteiger partial charge in [0.05, 0.1) is 32.3 Å². The summed E-state index contributed by atoms with van der Waals surface area (Å²) in [6.45, 7) is 3.66. The third-order valence-electron chi connectivity index (χ3n) is 6.16. The van der Waals surface area contributed by atoms with Gasteiger partial charge in [-0.3, -0.25) is 9.59 Å². The fourth-order valence-corrected chi connectivity index (χ4v) is 5.59. The van der Waals surface area contributed by atoms with Crippen LogP contribution in [0, 0.1) is 0 Å². The molecule has 1 saturated heterocycles. The van der Waals surface area contributed by atoms with Crippen molar-refractivity contribution in [3.63, 3.8) is 0 Å². The molecule has 0 radical (unpaired) electrons. The van der Waals surface area contributed by atoms with E-state index in [1.165, 1.54) is 18.4 Å². The Kier molecular flexibility index (Phi) is 6.90. The van der Waals surface area contributed by atoms with E-state index in [9.17, 15) is 14.4 Å². The van der Waals surface area contributed by atoms with Gasteiger partial charge in [0.2, 0.25) is 5.91 Å². The highest BCUT2D eigenvalue weighted by atomic mass is 35.5. The average molecular weight is 492 g/mol. The molecule has 1 spiro atoms. The van der Waals surface area contributed by atoms with Gasteiger partial charge >= 0.3 is 12.1 Å². The number of halogens is 1. The number of hydrogen-bond acceptors (Lipinski definition) is 7. The number of fused-ring (bicyclic) bond motifs is 2. The standard InChI is InChI=1S/C23H26ClN3O5S/c1-3-32-21(29)7-5-16-12-33-19(25-16)11-20(28)27-14-23(8-9-26(13-23)22(30)31-2)17-10-15(24)4-6-18(17)27/h4,6,10,12H,3,5,7-9,11,13-14H2,1-2H3. The van der Waals surface area contributed by atoms with Gasteiger partial charge in [-0.1, -0.05) is 11.6 Å². The molecular weight excluding hydrogens is 466 g/mol. The number of carbonyl (C=O) groups excluding carboxylic acids is 3. The zero-order valence-corrected chi connectivity index (χ0v) is 20.2. The van der Waals surface area contributed by atoms with Crippen LogP contribution < -0.4 is 4.90 Å². The largest absolute Gasteiger partial charge is 0.466 e. The fraction of sp³-hybridized carbons (Fsp3) is 0.478. The summed E-state index contributed by atoms with van der Waals surface area (Å²) in [4.78, 5) is 45.0. The Morgan fingerprint density at radius 1 is 1.27 bits per heavy atom. The minimum absolute atomic E-state index is 0.0572. The van der Waals surface area contributed by atoms with Gasteiger partial charge in [-0.25, -0.2) is 9.78 Å². The van der Waals surface area contributed by atoms with Crippen molar-refractivity contribution in [1.82, 2.24) is 9.88 Å². The number of thiazole rings is 1. The zero-order chi connectivity index (χ0) is 23.6. The first kappa shape index (κ1) is 23.5. The van der Waals surface area contributed by atoms with Crippen LogP contribution >= 0.6 is 22.9 Å². The second-order valence-electron chi connectivity index (χ2n) is 8.28. The van der Waals surface area contributed by atoms with E-state index in [2.05, 4.69) is 4.98 Å². The van der Waals surface area contributed by atoms with Crippen molar-refractivity contribution < 1.29 is 23.9 Å². The van der Waals surface area contributed by atoms with Crippen molar-refractivity contribution in [2.75, 3.05) is 38.3 Å². The van der Waals surface area contributed by atoms with E-state index < -0.39 is 0 Å². The van der Waals surface area contributed by atoms with Crippen LogP contribution in [0.5, 0.6) is 0 Å². The van der Waals surface area contributed by atoms with Gasteiger partial charge in [-0.2, -0.15) is 0 Å². The van der Waals surface area contributed by atoms with E-state index in [4.69, 9.17) is 21.1 Å². The first-order valence-corrected chi connectivity index (χ1v) is 12.1. The molecule has 8 nitrogen and oxygen atoms in total. The number of hydrogen-bond donors (Lipinski definition) is 0. The molecule has 33 heavy (non-hydrogen) atoms. The second-order valence-corrected chi connectivity index (χ2v) is 9.66. The molecule has 2 aromatic rings. The van der Waals surface area contributed by atoms with E-state index >= 15 is 0 Å². The molecule has 2 aliphatic rings. The number of rotatable bonds is 6. The summed E-state index contributed by atoms with van der Waals surface area (Å²) in [5.74, 6) is -0.309.